The Balaban J connectivity index is 2.23. The van der Waals surface area contributed by atoms with Crippen molar-refractivity contribution in [2.45, 2.75) is 32.3 Å². The molecule has 18 heavy (non-hydrogen) atoms. The molecule has 1 heterocycles. The molecule has 1 aromatic carbocycles. The Bertz CT molecular complexity index is 468. The van der Waals surface area contributed by atoms with Gasteiger partial charge in [0.1, 0.15) is 5.75 Å². The summed E-state index contributed by atoms with van der Waals surface area (Å²) >= 11 is 0. The summed E-state index contributed by atoms with van der Waals surface area (Å²) in [6.45, 7) is 4.56. The van der Waals surface area contributed by atoms with Crippen molar-refractivity contribution in [2.24, 2.45) is 0 Å². The van der Waals surface area contributed by atoms with Gasteiger partial charge in [0.15, 0.2) is 0 Å². The minimum Gasteiger partial charge on any atom is -0.507 e. The van der Waals surface area contributed by atoms with Crippen molar-refractivity contribution in [1.82, 2.24) is 4.90 Å². The third-order valence-corrected chi connectivity index (χ3v) is 3.34. The molecule has 0 spiro atoms. The van der Waals surface area contributed by atoms with Crippen LogP contribution in [0.5, 0.6) is 5.75 Å². The van der Waals surface area contributed by atoms with E-state index in [1.165, 1.54) is 6.07 Å². The molecule has 0 saturated carbocycles. The summed E-state index contributed by atoms with van der Waals surface area (Å²) in [6, 6.07) is 4.98. The number of likely N-dealkylation sites (tertiary alicyclic amines) is 1. The topological polar surface area (TPSA) is 60.8 Å². The quantitative estimate of drug-likeness (QED) is 0.796. The number of aromatic hydroxyl groups is 1. The van der Waals surface area contributed by atoms with Crippen LogP contribution in [0, 0.1) is 6.92 Å². The minimum atomic E-state index is -0.826. The first kappa shape index (κ1) is 12.9. The molecule has 1 aliphatic rings. The normalized spacial score (nSPS) is 24.1. The number of amides is 1. The van der Waals surface area contributed by atoms with Crippen LogP contribution in [0.25, 0.3) is 0 Å². The maximum atomic E-state index is 12.3. The fourth-order valence-electron chi connectivity index (χ4n) is 2.38. The molecule has 1 aliphatic heterocycles. The van der Waals surface area contributed by atoms with Crippen molar-refractivity contribution in [3.05, 3.63) is 29.3 Å². The van der Waals surface area contributed by atoms with E-state index in [2.05, 4.69) is 0 Å². The molecule has 0 radical (unpaired) electrons. The van der Waals surface area contributed by atoms with Crippen LogP contribution in [0.2, 0.25) is 0 Å². The molecule has 1 saturated heterocycles. The molecule has 4 heteroatoms. The first-order valence-electron chi connectivity index (χ1n) is 6.20. The SMILES string of the molecule is Cc1ccc(O)c(C(=O)N2CCCC(C)(O)C2)c1. The highest BCUT2D eigenvalue weighted by Gasteiger charge is 2.32. The Morgan fingerprint density at radius 3 is 2.83 bits per heavy atom. The number of carbonyl (C=O) groups excluding carboxylic acids is 1. The van der Waals surface area contributed by atoms with Crippen molar-refractivity contribution < 1.29 is 15.0 Å². The van der Waals surface area contributed by atoms with Crippen molar-refractivity contribution >= 4 is 5.91 Å². The molecule has 1 aromatic rings. The zero-order valence-electron chi connectivity index (χ0n) is 10.8. The highest BCUT2D eigenvalue weighted by molar-refractivity contribution is 5.97. The molecule has 1 amide bonds. The molecule has 1 atom stereocenters. The number of rotatable bonds is 1. The van der Waals surface area contributed by atoms with Crippen LogP contribution in [0.1, 0.15) is 35.7 Å². The number of β-amino-alcohol motifs (C(OH)–C–C–N with tert-alkyl or cyclic N) is 1. The number of hydrogen-bond acceptors (Lipinski definition) is 3. The van der Waals surface area contributed by atoms with E-state index >= 15 is 0 Å². The lowest BCUT2D eigenvalue weighted by atomic mass is 9.94. The maximum absolute atomic E-state index is 12.3. The number of phenols is 1. The molecular formula is C14H19NO3. The fraction of sp³-hybridized carbons (Fsp3) is 0.500. The van der Waals surface area contributed by atoms with Crippen molar-refractivity contribution in [3.8, 4) is 5.75 Å². The summed E-state index contributed by atoms with van der Waals surface area (Å²) in [5, 5.41) is 19.8. The summed E-state index contributed by atoms with van der Waals surface area (Å²) in [5.74, 6) is -0.216. The second kappa shape index (κ2) is 4.61. The Hall–Kier alpha value is -1.55. The third-order valence-electron chi connectivity index (χ3n) is 3.34. The predicted molar refractivity (Wildman–Crippen MR) is 68.6 cm³/mol. The van der Waals surface area contributed by atoms with Crippen LogP contribution in [0.4, 0.5) is 0 Å². The Morgan fingerprint density at radius 2 is 2.17 bits per heavy atom. The van der Waals surface area contributed by atoms with Crippen molar-refractivity contribution in [2.75, 3.05) is 13.1 Å². The standard InChI is InChI=1S/C14H19NO3/c1-10-4-5-12(16)11(8-10)13(17)15-7-3-6-14(2,18)9-15/h4-5,8,16,18H,3,6-7,9H2,1-2H3. The molecule has 4 nitrogen and oxygen atoms in total. The van der Waals surface area contributed by atoms with Gasteiger partial charge in [-0.3, -0.25) is 4.79 Å². The number of nitrogens with zero attached hydrogens (tertiary/aromatic N) is 1. The monoisotopic (exact) mass is 249 g/mol. The summed E-state index contributed by atoms with van der Waals surface area (Å²) in [5.41, 5.74) is 0.417. The second-order valence-electron chi connectivity index (χ2n) is 5.35. The van der Waals surface area contributed by atoms with Gasteiger partial charge in [0.2, 0.25) is 0 Å². The summed E-state index contributed by atoms with van der Waals surface area (Å²) in [6.07, 6.45) is 1.49. The Kier molecular flexibility index (Phi) is 3.30. The van der Waals surface area contributed by atoms with Crippen LogP contribution in [-0.2, 0) is 0 Å². The van der Waals surface area contributed by atoms with Crippen LogP contribution in [0.3, 0.4) is 0 Å². The number of phenolic OH excluding ortho intramolecular Hbond substituents is 1. The number of carbonyl (C=O) groups is 1. The van der Waals surface area contributed by atoms with Gasteiger partial charge < -0.3 is 15.1 Å². The molecule has 1 fully saturated rings. The van der Waals surface area contributed by atoms with Gasteiger partial charge in [-0.15, -0.1) is 0 Å². The fourth-order valence-corrected chi connectivity index (χ4v) is 2.38. The first-order valence-corrected chi connectivity index (χ1v) is 6.20. The molecular weight excluding hydrogens is 230 g/mol. The van der Waals surface area contributed by atoms with Crippen LogP contribution < -0.4 is 0 Å². The zero-order chi connectivity index (χ0) is 13.3. The van der Waals surface area contributed by atoms with E-state index in [1.54, 1.807) is 24.0 Å². The van der Waals surface area contributed by atoms with Crippen LogP contribution in [0.15, 0.2) is 18.2 Å². The lowest BCUT2D eigenvalue weighted by molar-refractivity contribution is -0.0108. The molecule has 2 N–H and O–H groups in total. The predicted octanol–water partition coefficient (Wildman–Crippen LogP) is 1.69. The van der Waals surface area contributed by atoms with Gasteiger partial charge in [0.05, 0.1) is 11.2 Å². The number of benzene rings is 1. The van der Waals surface area contributed by atoms with Crippen molar-refractivity contribution in [3.63, 3.8) is 0 Å². The van der Waals surface area contributed by atoms with Gasteiger partial charge in [-0.2, -0.15) is 0 Å². The minimum absolute atomic E-state index is 0.00387. The van der Waals surface area contributed by atoms with Crippen LogP contribution >= 0.6 is 0 Å². The van der Waals surface area contributed by atoms with Gasteiger partial charge in [0, 0.05) is 13.1 Å². The summed E-state index contributed by atoms with van der Waals surface area (Å²) in [4.78, 5) is 13.9. The molecule has 98 valence electrons. The van der Waals surface area contributed by atoms with E-state index in [1.807, 2.05) is 6.92 Å². The smallest absolute Gasteiger partial charge is 0.257 e. The Morgan fingerprint density at radius 1 is 1.44 bits per heavy atom. The number of hydrogen-bond donors (Lipinski definition) is 2. The molecule has 0 aliphatic carbocycles. The highest BCUT2D eigenvalue weighted by Crippen LogP contribution is 2.25. The zero-order valence-corrected chi connectivity index (χ0v) is 10.8. The van der Waals surface area contributed by atoms with Crippen molar-refractivity contribution in [1.29, 1.82) is 0 Å². The summed E-state index contributed by atoms with van der Waals surface area (Å²) < 4.78 is 0. The van der Waals surface area contributed by atoms with E-state index in [-0.39, 0.29) is 11.7 Å². The summed E-state index contributed by atoms with van der Waals surface area (Å²) in [7, 11) is 0. The highest BCUT2D eigenvalue weighted by atomic mass is 16.3. The lowest BCUT2D eigenvalue weighted by Crippen LogP contribution is -2.48. The number of piperidine rings is 1. The van der Waals surface area contributed by atoms with E-state index in [0.29, 0.717) is 25.1 Å². The van der Waals surface area contributed by atoms with Gasteiger partial charge in [-0.05, 0) is 38.8 Å². The molecule has 2 rings (SSSR count). The average Bonchev–Trinajstić information content (AvgIpc) is 2.30. The number of aliphatic hydroxyl groups is 1. The number of aryl methyl sites for hydroxylation is 1. The van der Waals surface area contributed by atoms with E-state index in [4.69, 9.17) is 0 Å². The van der Waals surface area contributed by atoms with Gasteiger partial charge >= 0.3 is 0 Å². The largest absolute Gasteiger partial charge is 0.507 e. The molecule has 0 aromatic heterocycles. The molecule has 0 bridgehead atoms. The first-order chi connectivity index (χ1) is 8.39. The van der Waals surface area contributed by atoms with E-state index in [9.17, 15) is 15.0 Å². The third kappa shape index (κ3) is 2.64. The average molecular weight is 249 g/mol. The van der Waals surface area contributed by atoms with Gasteiger partial charge in [-0.25, -0.2) is 0 Å². The van der Waals surface area contributed by atoms with Crippen LogP contribution in [-0.4, -0.2) is 39.7 Å². The van der Waals surface area contributed by atoms with Gasteiger partial charge in [-0.1, -0.05) is 11.6 Å². The second-order valence-corrected chi connectivity index (χ2v) is 5.35. The lowest BCUT2D eigenvalue weighted by Gasteiger charge is -2.36. The Labute approximate surface area is 107 Å². The molecule has 1 unspecified atom stereocenters. The van der Waals surface area contributed by atoms with E-state index in [0.717, 1.165) is 12.0 Å². The van der Waals surface area contributed by atoms with E-state index < -0.39 is 5.60 Å². The van der Waals surface area contributed by atoms with Gasteiger partial charge in [0.25, 0.3) is 5.91 Å². The maximum Gasteiger partial charge on any atom is 0.257 e.